The number of benzene rings is 1. The van der Waals surface area contributed by atoms with E-state index in [9.17, 15) is 4.79 Å². The Morgan fingerprint density at radius 2 is 2.30 bits per heavy atom. The Labute approximate surface area is 128 Å². The summed E-state index contributed by atoms with van der Waals surface area (Å²) in [4.78, 5) is 11.5. The highest BCUT2D eigenvalue weighted by Gasteiger charge is 2.31. The van der Waals surface area contributed by atoms with Crippen LogP contribution in [0.25, 0.3) is 0 Å². The van der Waals surface area contributed by atoms with Gasteiger partial charge < -0.3 is 14.8 Å². The number of carbonyl (C=O) groups excluding carboxylic acids is 1. The van der Waals surface area contributed by atoms with E-state index in [0.717, 1.165) is 23.1 Å². The molecule has 1 aromatic carbocycles. The zero-order valence-corrected chi connectivity index (χ0v) is 13.4. The second-order valence-corrected chi connectivity index (χ2v) is 5.88. The summed E-state index contributed by atoms with van der Waals surface area (Å²) in [6.07, 6.45) is 2.71. The van der Waals surface area contributed by atoms with Crippen molar-refractivity contribution < 1.29 is 14.3 Å². The van der Waals surface area contributed by atoms with Gasteiger partial charge in [0.15, 0.2) is 0 Å². The molecule has 2 atom stereocenters. The lowest BCUT2D eigenvalue weighted by Gasteiger charge is -2.16. The molecule has 0 spiro atoms. The van der Waals surface area contributed by atoms with Crippen LogP contribution < -0.4 is 10.1 Å². The van der Waals surface area contributed by atoms with Crippen LogP contribution in [0.3, 0.4) is 0 Å². The van der Waals surface area contributed by atoms with Gasteiger partial charge in [0.2, 0.25) is 0 Å². The minimum absolute atomic E-state index is 0.0101. The van der Waals surface area contributed by atoms with Crippen molar-refractivity contribution in [1.82, 2.24) is 5.32 Å². The first-order chi connectivity index (χ1) is 9.63. The zero-order chi connectivity index (χ0) is 14.5. The highest BCUT2D eigenvalue weighted by Crippen LogP contribution is 2.27. The lowest BCUT2D eigenvalue weighted by atomic mass is 10.1. The van der Waals surface area contributed by atoms with E-state index in [4.69, 9.17) is 9.47 Å². The maximum absolute atomic E-state index is 11.5. The number of halogens is 1. The van der Waals surface area contributed by atoms with E-state index < -0.39 is 0 Å². The van der Waals surface area contributed by atoms with Crippen LogP contribution in [0.2, 0.25) is 0 Å². The Hall–Kier alpha value is -1.07. The molecule has 4 nitrogen and oxygen atoms in total. The van der Waals surface area contributed by atoms with Gasteiger partial charge in [-0.3, -0.25) is 4.79 Å². The first-order valence-electron chi connectivity index (χ1n) is 6.90. The lowest BCUT2D eigenvalue weighted by molar-refractivity contribution is -0.142. The number of aryl methyl sites for hydroxylation is 1. The van der Waals surface area contributed by atoms with Crippen molar-refractivity contribution in [3.8, 4) is 5.75 Å². The van der Waals surface area contributed by atoms with Crippen LogP contribution in [-0.4, -0.2) is 31.8 Å². The third kappa shape index (κ3) is 3.73. The van der Waals surface area contributed by atoms with E-state index in [-0.39, 0.29) is 18.1 Å². The van der Waals surface area contributed by atoms with Gasteiger partial charge in [0.25, 0.3) is 0 Å². The second-order valence-electron chi connectivity index (χ2n) is 4.96. The van der Waals surface area contributed by atoms with E-state index in [1.54, 1.807) is 0 Å². The van der Waals surface area contributed by atoms with Gasteiger partial charge in [-0.2, -0.15) is 0 Å². The van der Waals surface area contributed by atoms with Crippen molar-refractivity contribution >= 4 is 21.9 Å². The van der Waals surface area contributed by atoms with Crippen molar-refractivity contribution in [3.05, 3.63) is 28.2 Å². The summed E-state index contributed by atoms with van der Waals surface area (Å²) < 4.78 is 11.9. The summed E-state index contributed by atoms with van der Waals surface area (Å²) in [7, 11) is 1.41. The van der Waals surface area contributed by atoms with E-state index in [0.29, 0.717) is 13.0 Å². The van der Waals surface area contributed by atoms with Gasteiger partial charge in [-0.15, -0.1) is 0 Å². The third-order valence-electron chi connectivity index (χ3n) is 3.41. The number of esters is 1. The Morgan fingerprint density at radius 1 is 1.50 bits per heavy atom. The van der Waals surface area contributed by atoms with E-state index >= 15 is 0 Å². The molecule has 1 N–H and O–H groups in total. The van der Waals surface area contributed by atoms with Crippen LogP contribution in [-0.2, 0) is 16.0 Å². The standard InChI is InChI=1S/C15H20BrNO3/c1-3-4-10-7-11(16)5-6-14(10)20-12-8-13(17-9-12)15(18)19-2/h5-7,12-13,17H,3-4,8-9H2,1-2H3. The van der Waals surface area contributed by atoms with Gasteiger partial charge in [-0.25, -0.2) is 0 Å². The predicted molar refractivity (Wildman–Crippen MR) is 81.0 cm³/mol. The summed E-state index contributed by atoms with van der Waals surface area (Å²) in [6, 6.07) is 5.81. The number of hydrogen-bond donors (Lipinski definition) is 1. The molecule has 2 rings (SSSR count). The summed E-state index contributed by atoms with van der Waals surface area (Å²) >= 11 is 3.49. The lowest BCUT2D eigenvalue weighted by Crippen LogP contribution is -2.31. The molecule has 0 aliphatic carbocycles. The largest absolute Gasteiger partial charge is 0.489 e. The minimum Gasteiger partial charge on any atom is -0.489 e. The van der Waals surface area contributed by atoms with Crippen LogP contribution in [0, 0.1) is 0 Å². The smallest absolute Gasteiger partial charge is 0.323 e. The Kier molecular flexibility index (Phi) is 5.43. The van der Waals surface area contributed by atoms with Crippen LogP contribution in [0.1, 0.15) is 25.3 Å². The molecule has 0 saturated carbocycles. The highest BCUT2D eigenvalue weighted by atomic mass is 79.9. The fraction of sp³-hybridized carbons (Fsp3) is 0.533. The topological polar surface area (TPSA) is 47.6 Å². The predicted octanol–water partition coefficient (Wildman–Crippen LogP) is 2.68. The molecule has 1 fully saturated rings. The molecule has 1 heterocycles. The molecule has 2 unspecified atom stereocenters. The van der Waals surface area contributed by atoms with Gasteiger partial charge in [-0.05, 0) is 30.2 Å². The Morgan fingerprint density at radius 3 is 3.00 bits per heavy atom. The monoisotopic (exact) mass is 341 g/mol. The number of rotatable bonds is 5. The normalized spacial score (nSPS) is 21.8. The number of nitrogens with one attached hydrogen (secondary N) is 1. The molecule has 20 heavy (non-hydrogen) atoms. The molecular formula is C15H20BrNO3. The quantitative estimate of drug-likeness (QED) is 0.836. The number of hydrogen-bond acceptors (Lipinski definition) is 4. The number of ether oxygens (including phenoxy) is 2. The summed E-state index contributed by atoms with van der Waals surface area (Å²) in [5, 5.41) is 3.13. The maximum atomic E-state index is 11.5. The van der Waals surface area contributed by atoms with E-state index in [1.807, 2.05) is 12.1 Å². The van der Waals surface area contributed by atoms with Gasteiger partial charge in [0.1, 0.15) is 17.9 Å². The number of carbonyl (C=O) groups is 1. The molecule has 5 heteroatoms. The fourth-order valence-corrected chi connectivity index (χ4v) is 2.83. The molecule has 1 saturated heterocycles. The first kappa shape index (κ1) is 15.3. The van der Waals surface area contributed by atoms with Gasteiger partial charge >= 0.3 is 5.97 Å². The van der Waals surface area contributed by atoms with Crippen molar-refractivity contribution in [2.45, 2.75) is 38.3 Å². The van der Waals surface area contributed by atoms with Crippen LogP contribution >= 0.6 is 15.9 Å². The van der Waals surface area contributed by atoms with Crippen molar-refractivity contribution in [2.75, 3.05) is 13.7 Å². The average Bonchev–Trinajstić information content (AvgIpc) is 2.90. The SMILES string of the molecule is CCCc1cc(Br)ccc1OC1CNC(C(=O)OC)C1. The molecule has 0 amide bonds. The van der Waals surface area contributed by atoms with Gasteiger partial charge in [0.05, 0.1) is 7.11 Å². The zero-order valence-electron chi connectivity index (χ0n) is 11.8. The van der Waals surface area contributed by atoms with Gasteiger partial charge in [0, 0.05) is 17.4 Å². The Balaban J connectivity index is 2.02. The molecule has 0 aromatic heterocycles. The minimum atomic E-state index is -0.255. The van der Waals surface area contributed by atoms with Crippen LogP contribution in [0.4, 0.5) is 0 Å². The number of methoxy groups -OCH3 is 1. The third-order valence-corrected chi connectivity index (χ3v) is 3.90. The van der Waals surface area contributed by atoms with Crippen molar-refractivity contribution in [2.24, 2.45) is 0 Å². The summed E-state index contributed by atoms with van der Waals surface area (Å²) in [6.45, 7) is 2.82. The van der Waals surface area contributed by atoms with E-state index in [2.05, 4.69) is 34.2 Å². The highest BCUT2D eigenvalue weighted by molar-refractivity contribution is 9.10. The Bertz CT molecular complexity index is 478. The summed E-state index contributed by atoms with van der Waals surface area (Å²) in [5.41, 5.74) is 1.20. The first-order valence-corrected chi connectivity index (χ1v) is 7.69. The van der Waals surface area contributed by atoms with Crippen LogP contribution in [0.5, 0.6) is 5.75 Å². The molecule has 110 valence electrons. The molecule has 0 radical (unpaired) electrons. The van der Waals surface area contributed by atoms with E-state index in [1.165, 1.54) is 12.7 Å². The van der Waals surface area contributed by atoms with Crippen LogP contribution in [0.15, 0.2) is 22.7 Å². The molecule has 0 bridgehead atoms. The van der Waals surface area contributed by atoms with Crippen molar-refractivity contribution in [1.29, 1.82) is 0 Å². The van der Waals surface area contributed by atoms with Gasteiger partial charge in [-0.1, -0.05) is 29.3 Å². The maximum Gasteiger partial charge on any atom is 0.323 e. The second kappa shape index (κ2) is 7.09. The molecule has 1 aliphatic rings. The molecule has 1 aliphatic heterocycles. The molecule has 1 aromatic rings. The molecular weight excluding hydrogens is 322 g/mol. The summed E-state index contributed by atoms with van der Waals surface area (Å²) in [5.74, 6) is 0.688. The van der Waals surface area contributed by atoms with Crippen molar-refractivity contribution in [3.63, 3.8) is 0 Å². The fourth-order valence-electron chi connectivity index (χ4n) is 2.42. The average molecular weight is 342 g/mol.